The van der Waals surface area contributed by atoms with Crippen molar-refractivity contribution in [3.8, 4) is 0 Å². The van der Waals surface area contributed by atoms with Gasteiger partial charge >= 0.3 is 12.3 Å². The molecule has 1 aromatic carbocycles. The Bertz CT molecular complexity index is 455. The molecule has 0 aliphatic carbocycles. The Balaban J connectivity index is 2.40. The molecule has 0 unspecified atom stereocenters. The molecule has 0 aliphatic rings. The lowest BCUT2D eigenvalue weighted by Crippen LogP contribution is -2.33. The summed E-state index contributed by atoms with van der Waals surface area (Å²) in [5.41, 5.74) is 6.60. The molecular weight excluding hydrogens is 280 g/mol. The highest BCUT2D eigenvalue weighted by atomic mass is 19.3. The van der Waals surface area contributed by atoms with Gasteiger partial charge in [0, 0.05) is 12.2 Å². The third-order valence-electron chi connectivity index (χ3n) is 2.29. The summed E-state index contributed by atoms with van der Waals surface area (Å²) < 4.78 is 52.9. The molecule has 1 rings (SSSR count). The molecule has 8 heteroatoms. The van der Waals surface area contributed by atoms with Crippen LogP contribution in [-0.4, -0.2) is 31.5 Å². The SMILES string of the molecule is NCc1cccc(NC(=O)COCC(F)(F)C(F)F)c1. The van der Waals surface area contributed by atoms with E-state index in [1.165, 1.54) is 0 Å². The third-order valence-corrected chi connectivity index (χ3v) is 2.29. The second-order valence-electron chi connectivity index (χ2n) is 4.01. The lowest BCUT2D eigenvalue weighted by molar-refractivity contribution is -0.167. The van der Waals surface area contributed by atoms with E-state index in [1.807, 2.05) is 0 Å². The van der Waals surface area contributed by atoms with E-state index in [0.29, 0.717) is 5.69 Å². The number of nitrogens with one attached hydrogen (secondary N) is 1. The number of hydrogen-bond donors (Lipinski definition) is 2. The quantitative estimate of drug-likeness (QED) is 0.756. The zero-order chi connectivity index (χ0) is 15.2. The molecule has 0 aliphatic heterocycles. The second-order valence-corrected chi connectivity index (χ2v) is 4.01. The number of alkyl halides is 4. The van der Waals surface area contributed by atoms with Gasteiger partial charge in [0.05, 0.1) is 0 Å². The van der Waals surface area contributed by atoms with E-state index in [2.05, 4.69) is 10.1 Å². The van der Waals surface area contributed by atoms with Crippen LogP contribution in [0, 0.1) is 0 Å². The van der Waals surface area contributed by atoms with Crippen molar-refractivity contribution in [2.45, 2.75) is 18.9 Å². The van der Waals surface area contributed by atoms with Gasteiger partial charge in [-0.1, -0.05) is 12.1 Å². The van der Waals surface area contributed by atoms with Crippen LogP contribution in [0.15, 0.2) is 24.3 Å². The third kappa shape index (κ3) is 5.14. The first-order valence-electron chi connectivity index (χ1n) is 5.67. The van der Waals surface area contributed by atoms with Gasteiger partial charge < -0.3 is 15.8 Å². The van der Waals surface area contributed by atoms with Crippen LogP contribution in [-0.2, 0) is 16.1 Å². The van der Waals surface area contributed by atoms with Crippen molar-refractivity contribution in [3.63, 3.8) is 0 Å². The fourth-order valence-electron chi connectivity index (χ4n) is 1.32. The summed E-state index contributed by atoms with van der Waals surface area (Å²) in [5.74, 6) is -4.98. The van der Waals surface area contributed by atoms with Crippen LogP contribution in [0.1, 0.15) is 5.56 Å². The molecule has 0 bridgehead atoms. The Morgan fingerprint density at radius 1 is 1.40 bits per heavy atom. The smallest absolute Gasteiger partial charge is 0.330 e. The molecule has 0 saturated carbocycles. The minimum Gasteiger partial charge on any atom is -0.365 e. The predicted octanol–water partition coefficient (Wildman–Crippen LogP) is 2.00. The lowest BCUT2D eigenvalue weighted by Gasteiger charge is -2.15. The van der Waals surface area contributed by atoms with Gasteiger partial charge in [0.15, 0.2) is 0 Å². The standard InChI is InChI=1S/C12H14F4N2O2/c13-11(14)12(15,16)7-20-6-10(19)18-9-3-1-2-8(4-9)5-17/h1-4,11H,5-7,17H2,(H,18,19). The maximum Gasteiger partial charge on any atom is 0.330 e. The molecule has 0 aromatic heterocycles. The van der Waals surface area contributed by atoms with Gasteiger partial charge in [-0.05, 0) is 17.7 Å². The van der Waals surface area contributed by atoms with Gasteiger partial charge in [-0.25, -0.2) is 8.78 Å². The predicted molar refractivity (Wildman–Crippen MR) is 64.7 cm³/mol. The number of rotatable bonds is 7. The van der Waals surface area contributed by atoms with Gasteiger partial charge in [-0.2, -0.15) is 8.78 Å². The molecule has 20 heavy (non-hydrogen) atoms. The monoisotopic (exact) mass is 294 g/mol. The molecule has 0 spiro atoms. The highest BCUT2D eigenvalue weighted by Crippen LogP contribution is 2.22. The van der Waals surface area contributed by atoms with E-state index < -0.39 is 31.5 Å². The van der Waals surface area contributed by atoms with E-state index in [1.54, 1.807) is 24.3 Å². The van der Waals surface area contributed by atoms with E-state index >= 15 is 0 Å². The summed E-state index contributed by atoms with van der Waals surface area (Å²) in [4.78, 5) is 11.4. The van der Waals surface area contributed by atoms with E-state index in [4.69, 9.17) is 5.73 Å². The average molecular weight is 294 g/mol. The fraction of sp³-hybridized carbons (Fsp3) is 0.417. The Morgan fingerprint density at radius 2 is 2.10 bits per heavy atom. The molecule has 112 valence electrons. The van der Waals surface area contributed by atoms with E-state index in [-0.39, 0.29) is 6.54 Å². The van der Waals surface area contributed by atoms with Gasteiger partial charge in [0.1, 0.15) is 13.2 Å². The van der Waals surface area contributed by atoms with Crippen LogP contribution in [0.3, 0.4) is 0 Å². The summed E-state index contributed by atoms with van der Waals surface area (Å²) in [7, 11) is 0. The minimum absolute atomic E-state index is 0.279. The van der Waals surface area contributed by atoms with Crippen molar-refractivity contribution >= 4 is 11.6 Å². The number of nitrogens with two attached hydrogens (primary N) is 1. The Hall–Kier alpha value is -1.67. The van der Waals surface area contributed by atoms with Crippen LogP contribution in [0.4, 0.5) is 23.2 Å². The fourth-order valence-corrected chi connectivity index (χ4v) is 1.32. The molecule has 0 radical (unpaired) electrons. The normalized spacial score (nSPS) is 11.7. The van der Waals surface area contributed by atoms with Gasteiger partial charge in [-0.3, -0.25) is 4.79 Å². The zero-order valence-corrected chi connectivity index (χ0v) is 10.4. The van der Waals surface area contributed by atoms with Crippen LogP contribution < -0.4 is 11.1 Å². The Morgan fingerprint density at radius 3 is 2.70 bits per heavy atom. The summed E-state index contributed by atoms with van der Waals surface area (Å²) in [6.45, 7) is -1.98. The zero-order valence-electron chi connectivity index (χ0n) is 10.4. The Kier molecular flexibility index (Phi) is 5.90. The molecular formula is C12H14F4N2O2. The van der Waals surface area contributed by atoms with Gasteiger partial charge in [-0.15, -0.1) is 0 Å². The topological polar surface area (TPSA) is 64.3 Å². The lowest BCUT2D eigenvalue weighted by atomic mass is 10.2. The van der Waals surface area contributed by atoms with Crippen LogP contribution >= 0.6 is 0 Å². The van der Waals surface area contributed by atoms with Crippen LogP contribution in [0.5, 0.6) is 0 Å². The largest absolute Gasteiger partial charge is 0.365 e. The Labute approximate surface area is 112 Å². The number of ether oxygens (including phenoxy) is 1. The second kappa shape index (κ2) is 7.20. The van der Waals surface area contributed by atoms with Gasteiger partial charge in [0.2, 0.25) is 5.91 Å². The van der Waals surface area contributed by atoms with Crippen molar-refractivity contribution in [3.05, 3.63) is 29.8 Å². The van der Waals surface area contributed by atoms with Crippen molar-refractivity contribution in [2.75, 3.05) is 18.5 Å². The molecule has 0 atom stereocenters. The van der Waals surface area contributed by atoms with Crippen LogP contribution in [0.2, 0.25) is 0 Å². The van der Waals surface area contributed by atoms with Crippen molar-refractivity contribution in [2.24, 2.45) is 5.73 Å². The van der Waals surface area contributed by atoms with Crippen molar-refractivity contribution < 1.29 is 27.1 Å². The first kappa shape index (κ1) is 16.4. The highest BCUT2D eigenvalue weighted by Gasteiger charge is 2.41. The summed E-state index contributed by atoms with van der Waals surface area (Å²) >= 11 is 0. The number of carbonyl (C=O) groups is 1. The maximum atomic E-state index is 12.5. The summed E-state index contributed by atoms with van der Waals surface area (Å²) in [6, 6.07) is 6.58. The first-order valence-corrected chi connectivity index (χ1v) is 5.67. The van der Waals surface area contributed by atoms with Crippen LogP contribution in [0.25, 0.3) is 0 Å². The number of anilines is 1. The van der Waals surface area contributed by atoms with E-state index in [0.717, 1.165) is 5.56 Å². The first-order chi connectivity index (χ1) is 9.35. The minimum atomic E-state index is -4.26. The molecule has 4 nitrogen and oxygen atoms in total. The summed E-state index contributed by atoms with van der Waals surface area (Å²) in [6.07, 6.45) is -3.83. The summed E-state index contributed by atoms with van der Waals surface area (Å²) in [5, 5.41) is 2.38. The molecule has 0 fully saturated rings. The van der Waals surface area contributed by atoms with Crippen molar-refractivity contribution in [1.82, 2.24) is 0 Å². The molecule has 0 saturated heterocycles. The van der Waals surface area contributed by atoms with E-state index in [9.17, 15) is 22.4 Å². The highest BCUT2D eigenvalue weighted by molar-refractivity contribution is 5.91. The number of halogens is 4. The maximum absolute atomic E-state index is 12.5. The number of benzene rings is 1. The average Bonchev–Trinajstić information content (AvgIpc) is 2.38. The number of amides is 1. The molecule has 1 aromatic rings. The molecule has 1 amide bonds. The molecule has 3 N–H and O–H groups in total. The number of hydrogen-bond acceptors (Lipinski definition) is 3. The number of carbonyl (C=O) groups excluding carboxylic acids is 1. The molecule has 0 heterocycles. The van der Waals surface area contributed by atoms with Crippen molar-refractivity contribution in [1.29, 1.82) is 0 Å². The van der Waals surface area contributed by atoms with Gasteiger partial charge in [0.25, 0.3) is 0 Å².